The summed E-state index contributed by atoms with van der Waals surface area (Å²) < 4.78 is 5.31. The van der Waals surface area contributed by atoms with Crippen molar-refractivity contribution in [2.24, 2.45) is 0 Å². The van der Waals surface area contributed by atoms with E-state index in [2.05, 4.69) is 27.3 Å². The second-order valence-electron chi connectivity index (χ2n) is 4.30. The van der Waals surface area contributed by atoms with Gasteiger partial charge in [-0.2, -0.15) is 0 Å². The Hall–Kier alpha value is -1.40. The van der Waals surface area contributed by atoms with Gasteiger partial charge in [-0.15, -0.1) is 10.2 Å². The molecule has 17 heavy (non-hydrogen) atoms. The zero-order valence-electron chi connectivity index (χ0n) is 10.1. The van der Waals surface area contributed by atoms with Gasteiger partial charge in [0.05, 0.1) is 13.2 Å². The lowest BCUT2D eigenvalue weighted by Gasteiger charge is -2.29. The lowest BCUT2D eigenvalue weighted by atomic mass is 10.3. The molecule has 1 unspecified atom stereocenters. The Morgan fingerprint density at radius 2 is 2.18 bits per heavy atom. The molecule has 0 amide bonds. The van der Waals surface area contributed by atoms with Crippen LogP contribution in [0.2, 0.25) is 0 Å². The van der Waals surface area contributed by atoms with Crippen LogP contribution in [0.5, 0.6) is 0 Å². The molecule has 2 rings (SSSR count). The van der Waals surface area contributed by atoms with Gasteiger partial charge < -0.3 is 15.8 Å². The van der Waals surface area contributed by atoms with Crippen LogP contribution in [0.4, 0.5) is 11.6 Å². The molecular formula is C11H19N5O. The molecule has 6 heteroatoms. The van der Waals surface area contributed by atoms with Crippen LogP contribution in [0.25, 0.3) is 0 Å². The summed E-state index contributed by atoms with van der Waals surface area (Å²) in [6, 6.07) is 3.92. The predicted molar refractivity (Wildman–Crippen MR) is 66.8 cm³/mol. The average molecular weight is 237 g/mol. The van der Waals surface area contributed by atoms with Gasteiger partial charge in [0, 0.05) is 25.7 Å². The summed E-state index contributed by atoms with van der Waals surface area (Å²) in [5.41, 5.74) is 5.48. The minimum Gasteiger partial charge on any atom is -0.382 e. The molecule has 1 aliphatic heterocycles. The van der Waals surface area contributed by atoms with Crippen molar-refractivity contribution in [1.29, 1.82) is 0 Å². The number of aromatic nitrogens is 2. The third-order valence-corrected chi connectivity index (χ3v) is 2.72. The lowest BCUT2D eigenvalue weighted by molar-refractivity contribution is 0.0368. The van der Waals surface area contributed by atoms with Gasteiger partial charge in [-0.05, 0) is 19.1 Å². The minimum absolute atomic E-state index is 0.325. The van der Waals surface area contributed by atoms with Gasteiger partial charge in [0.2, 0.25) is 0 Å². The summed E-state index contributed by atoms with van der Waals surface area (Å²) in [6.07, 6.45) is 0. The molecule has 1 aromatic heterocycles. The number of nitrogen functional groups attached to an aromatic ring is 1. The number of hydrogen-bond acceptors (Lipinski definition) is 6. The van der Waals surface area contributed by atoms with Crippen LogP contribution in [0, 0.1) is 0 Å². The molecule has 2 heterocycles. The molecule has 1 fully saturated rings. The fourth-order valence-corrected chi connectivity index (χ4v) is 1.89. The van der Waals surface area contributed by atoms with E-state index in [1.165, 1.54) is 0 Å². The van der Waals surface area contributed by atoms with E-state index < -0.39 is 0 Å². The quantitative estimate of drug-likeness (QED) is 0.778. The summed E-state index contributed by atoms with van der Waals surface area (Å²) in [7, 11) is 0. The molecule has 1 aliphatic rings. The highest BCUT2D eigenvalue weighted by Crippen LogP contribution is 2.06. The van der Waals surface area contributed by atoms with Crippen LogP contribution in [-0.4, -0.2) is 54.0 Å². The van der Waals surface area contributed by atoms with E-state index >= 15 is 0 Å². The topological polar surface area (TPSA) is 76.3 Å². The molecule has 1 aromatic rings. The van der Waals surface area contributed by atoms with E-state index in [1.54, 1.807) is 6.07 Å². The van der Waals surface area contributed by atoms with Crippen LogP contribution in [0.3, 0.4) is 0 Å². The van der Waals surface area contributed by atoms with Gasteiger partial charge >= 0.3 is 0 Å². The van der Waals surface area contributed by atoms with E-state index in [1.807, 2.05) is 6.07 Å². The third kappa shape index (κ3) is 3.83. The molecule has 1 atom stereocenters. The van der Waals surface area contributed by atoms with Crippen molar-refractivity contribution in [2.75, 3.05) is 43.9 Å². The first-order valence-corrected chi connectivity index (χ1v) is 5.90. The maximum Gasteiger partial charge on any atom is 0.149 e. The second-order valence-corrected chi connectivity index (χ2v) is 4.30. The fraction of sp³-hybridized carbons (Fsp3) is 0.636. The fourth-order valence-electron chi connectivity index (χ4n) is 1.89. The van der Waals surface area contributed by atoms with E-state index in [0.29, 0.717) is 11.9 Å². The average Bonchev–Trinajstić information content (AvgIpc) is 2.33. The second kappa shape index (κ2) is 5.79. The van der Waals surface area contributed by atoms with Crippen LogP contribution < -0.4 is 11.1 Å². The molecule has 1 saturated heterocycles. The Morgan fingerprint density at radius 1 is 1.41 bits per heavy atom. The van der Waals surface area contributed by atoms with E-state index in [-0.39, 0.29) is 0 Å². The van der Waals surface area contributed by atoms with E-state index in [4.69, 9.17) is 10.5 Å². The monoisotopic (exact) mass is 237 g/mol. The summed E-state index contributed by atoms with van der Waals surface area (Å²) in [5, 5.41) is 11.1. The molecule has 0 spiro atoms. The number of ether oxygens (including phenoxy) is 1. The zero-order valence-corrected chi connectivity index (χ0v) is 10.1. The van der Waals surface area contributed by atoms with E-state index in [9.17, 15) is 0 Å². The van der Waals surface area contributed by atoms with Gasteiger partial charge in [0.1, 0.15) is 11.6 Å². The Balaban J connectivity index is 1.79. The van der Waals surface area contributed by atoms with Crippen molar-refractivity contribution in [2.45, 2.75) is 13.0 Å². The van der Waals surface area contributed by atoms with Crippen molar-refractivity contribution in [3.63, 3.8) is 0 Å². The number of morpholine rings is 1. The van der Waals surface area contributed by atoms with Crippen molar-refractivity contribution in [3.8, 4) is 0 Å². The number of anilines is 2. The Bertz CT molecular complexity index is 336. The highest BCUT2D eigenvalue weighted by molar-refractivity contribution is 5.39. The molecule has 94 valence electrons. The lowest BCUT2D eigenvalue weighted by Crippen LogP contribution is -2.42. The summed E-state index contributed by atoms with van der Waals surface area (Å²) in [5.74, 6) is 1.20. The highest BCUT2D eigenvalue weighted by atomic mass is 16.5. The number of nitrogens with two attached hydrogens (primary N) is 1. The normalized spacial score (nSPS) is 18.9. The highest BCUT2D eigenvalue weighted by Gasteiger charge is 2.13. The molecule has 0 aliphatic carbocycles. The molecule has 3 N–H and O–H groups in total. The van der Waals surface area contributed by atoms with Gasteiger partial charge in [-0.25, -0.2) is 0 Å². The first kappa shape index (κ1) is 12.1. The van der Waals surface area contributed by atoms with Gasteiger partial charge in [0.15, 0.2) is 0 Å². The number of rotatable bonds is 4. The molecule has 0 saturated carbocycles. The Kier molecular flexibility index (Phi) is 4.11. The van der Waals surface area contributed by atoms with Gasteiger partial charge in [0.25, 0.3) is 0 Å². The zero-order chi connectivity index (χ0) is 12.1. The molecule has 6 nitrogen and oxygen atoms in total. The standard InChI is InChI=1S/C11H19N5O/c1-9(8-16-4-6-17-7-5-16)13-11-3-2-10(12)14-15-11/h2-3,9H,4-8H2,1H3,(H2,12,14)(H,13,15). The van der Waals surface area contributed by atoms with Crippen LogP contribution >= 0.6 is 0 Å². The van der Waals surface area contributed by atoms with Crippen LogP contribution in [0.15, 0.2) is 12.1 Å². The van der Waals surface area contributed by atoms with E-state index in [0.717, 1.165) is 38.7 Å². The van der Waals surface area contributed by atoms with Gasteiger partial charge in [-0.3, -0.25) is 4.90 Å². The summed E-state index contributed by atoms with van der Waals surface area (Å²) in [6.45, 7) is 6.77. The maximum atomic E-state index is 5.48. The Labute approximate surface area is 101 Å². The van der Waals surface area contributed by atoms with Crippen molar-refractivity contribution >= 4 is 11.6 Å². The van der Waals surface area contributed by atoms with Crippen molar-refractivity contribution in [3.05, 3.63) is 12.1 Å². The SMILES string of the molecule is CC(CN1CCOCC1)Nc1ccc(N)nn1. The number of nitrogens with zero attached hydrogens (tertiary/aromatic N) is 3. The maximum absolute atomic E-state index is 5.48. The van der Waals surface area contributed by atoms with Gasteiger partial charge in [-0.1, -0.05) is 0 Å². The third-order valence-electron chi connectivity index (χ3n) is 2.72. The van der Waals surface area contributed by atoms with Crippen LogP contribution in [0.1, 0.15) is 6.92 Å². The summed E-state index contributed by atoms with van der Waals surface area (Å²) >= 11 is 0. The van der Waals surface area contributed by atoms with Crippen molar-refractivity contribution < 1.29 is 4.74 Å². The molecular weight excluding hydrogens is 218 g/mol. The van der Waals surface area contributed by atoms with Crippen LogP contribution in [-0.2, 0) is 4.74 Å². The summed E-state index contributed by atoms with van der Waals surface area (Å²) in [4.78, 5) is 2.38. The first-order valence-electron chi connectivity index (χ1n) is 5.90. The predicted octanol–water partition coefficient (Wildman–Crippen LogP) is 0.191. The number of hydrogen-bond donors (Lipinski definition) is 2. The minimum atomic E-state index is 0.325. The molecule has 0 bridgehead atoms. The largest absolute Gasteiger partial charge is 0.382 e. The number of nitrogens with one attached hydrogen (secondary N) is 1. The smallest absolute Gasteiger partial charge is 0.149 e. The van der Waals surface area contributed by atoms with Crippen molar-refractivity contribution in [1.82, 2.24) is 15.1 Å². The first-order chi connectivity index (χ1) is 8.24. The molecule has 0 aromatic carbocycles. The molecule has 0 radical (unpaired) electrons. The Morgan fingerprint density at radius 3 is 2.82 bits per heavy atom.